The maximum atomic E-state index is 12.9. The Morgan fingerprint density at radius 2 is 2.09 bits per heavy atom. The van der Waals surface area contributed by atoms with Gasteiger partial charge in [-0.05, 0) is 23.6 Å². The summed E-state index contributed by atoms with van der Waals surface area (Å²) in [6.07, 6.45) is 1.78. The van der Waals surface area contributed by atoms with Gasteiger partial charge in [0.1, 0.15) is 9.71 Å². The molecule has 1 aliphatic heterocycles. The molecule has 0 spiro atoms. The van der Waals surface area contributed by atoms with Crippen LogP contribution in [0.4, 0.5) is 0 Å². The van der Waals surface area contributed by atoms with Gasteiger partial charge >= 0.3 is 0 Å². The molecule has 1 saturated heterocycles. The van der Waals surface area contributed by atoms with Crippen molar-refractivity contribution in [3.63, 3.8) is 0 Å². The van der Waals surface area contributed by atoms with Crippen molar-refractivity contribution in [1.29, 1.82) is 0 Å². The Balaban J connectivity index is 1.86. The van der Waals surface area contributed by atoms with E-state index in [9.17, 15) is 4.79 Å². The smallest absolute Gasteiger partial charge is 0.264 e. The third-order valence-electron chi connectivity index (χ3n) is 3.73. The standard InChI is InChI=1S/C16H14N2O2S2/c19-16(18-6-8-20-9-7-18)14-13(12-4-2-10-21-12)11-3-1-5-17-15(11)22-14/h1-5,10H,6-9H2. The van der Waals surface area contributed by atoms with Gasteiger partial charge in [-0.2, -0.15) is 0 Å². The molecule has 0 saturated carbocycles. The van der Waals surface area contributed by atoms with E-state index < -0.39 is 0 Å². The predicted octanol–water partition coefficient (Wildman–Crippen LogP) is 3.50. The van der Waals surface area contributed by atoms with Gasteiger partial charge in [-0.3, -0.25) is 4.79 Å². The first-order valence-electron chi connectivity index (χ1n) is 7.13. The van der Waals surface area contributed by atoms with Crippen LogP contribution in [-0.4, -0.2) is 42.1 Å². The van der Waals surface area contributed by atoms with E-state index in [0.29, 0.717) is 26.3 Å². The number of morpholine rings is 1. The van der Waals surface area contributed by atoms with Crippen molar-refractivity contribution in [3.8, 4) is 10.4 Å². The Bertz CT molecular complexity index is 805. The molecule has 3 aromatic heterocycles. The lowest BCUT2D eigenvalue weighted by molar-refractivity contribution is 0.0306. The van der Waals surface area contributed by atoms with Gasteiger partial charge in [0.2, 0.25) is 0 Å². The van der Waals surface area contributed by atoms with Crippen LogP contribution < -0.4 is 0 Å². The molecular weight excluding hydrogens is 316 g/mol. The van der Waals surface area contributed by atoms with Gasteiger partial charge in [0.25, 0.3) is 5.91 Å². The Labute approximate surface area is 136 Å². The average Bonchev–Trinajstić information content (AvgIpc) is 3.21. The zero-order chi connectivity index (χ0) is 14.9. The number of amides is 1. The molecule has 4 heterocycles. The van der Waals surface area contributed by atoms with Gasteiger partial charge in [0.05, 0.1) is 13.2 Å². The molecule has 22 heavy (non-hydrogen) atoms. The number of hydrogen-bond acceptors (Lipinski definition) is 5. The maximum Gasteiger partial charge on any atom is 0.264 e. The van der Waals surface area contributed by atoms with Crippen LogP contribution in [0.15, 0.2) is 35.8 Å². The summed E-state index contributed by atoms with van der Waals surface area (Å²) in [6.45, 7) is 2.54. The van der Waals surface area contributed by atoms with Gasteiger partial charge < -0.3 is 9.64 Å². The molecule has 112 valence electrons. The van der Waals surface area contributed by atoms with Crippen LogP contribution in [0, 0.1) is 0 Å². The quantitative estimate of drug-likeness (QED) is 0.722. The SMILES string of the molecule is O=C(c1sc2ncccc2c1-c1cccs1)N1CCOCC1. The molecule has 1 aliphatic rings. The number of aromatic nitrogens is 1. The summed E-state index contributed by atoms with van der Waals surface area (Å²) in [5, 5.41) is 3.10. The van der Waals surface area contributed by atoms with Crippen molar-refractivity contribution in [1.82, 2.24) is 9.88 Å². The summed E-state index contributed by atoms with van der Waals surface area (Å²) in [7, 11) is 0. The van der Waals surface area contributed by atoms with Crippen LogP contribution in [-0.2, 0) is 4.74 Å². The van der Waals surface area contributed by atoms with Gasteiger partial charge in [0.15, 0.2) is 0 Å². The summed E-state index contributed by atoms with van der Waals surface area (Å²) < 4.78 is 5.35. The van der Waals surface area contributed by atoms with Crippen molar-refractivity contribution in [2.45, 2.75) is 0 Å². The van der Waals surface area contributed by atoms with E-state index in [4.69, 9.17) is 4.74 Å². The number of nitrogens with zero attached hydrogens (tertiary/aromatic N) is 2. The summed E-state index contributed by atoms with van der Waals surface area (Å²) in [5.41, 5.74) is 1.03. The number of fused-ring (bicyclic) bond motifs is 1. The van der Waals surface area contributed by atoms with Crippen LogP contribution in [0.25, 0.3) is 20.7 Å². The Hall–Kier alpha value is -1.76. The summed E-state index contributed by atoms with van der Waals surface area (Å²) in [4.78, 5) is 22.1. The van der Waals surface area contributed by atoms with Gasteiger partial charge in [0, 0.05) is 35.1 Å². The van der Waals surface area contributed by atoms with Crippen LogP contribution in [0.2, 0.25) is 0 Å². The molecule has 0 aromatic carbocycles. The summed E-state index contributed by atoms with van der Waals surface area (Å²) in [6, 6.07) is 8.05. The fraction of sp³-hybridized carbons (Fsp3) is 0.250. The van der Waals surface area contributed by atoms with Gasteiger partial charge in [-0.15, -0.1) is 22.7 Å². The minimum Gasteiger partial charge on any atom is -0.378 e. The van der Waals surface area contributed by atoms with E-state index in [0.717, 1.165) is 25.5 Å². The third kappa shape index (κ3) is 2.33. The molecular formula is C16H14N2O2S2. The van der Waals surface area contributed by atoms with Crippen molar-refractivity contribution < 1.29 is 9.53 Å². The molecule has 0 N–H and O–H groups in total. The summed E-state index contributed by atoms with van der Waals surface area (Å²) in [5.74, 6) is 0.0923. The van der Waals surface area contributed by atoms with Crippen LogP contribution in [0.1, 0.15) is 9.67 Å². The van der Waals surface area contributed by atoms with E-state index in [-0.39, 0.29) is 5.91 Å². The maximum absolute atomic E-state index is 12.9. The highest BCUT2D eigenvalue weighted by Crippen LogP contribution is 2.40. The normalized spacial score (nSPS) is 15.4. The zero-order valence-electron chi connectivity index (χ0n) is 11.8. The molecule has 1 amide bonds. The average molecular weight is 330 g/mol. The molecule has 6 heteroatoms. The third-order valence-corrected chi connectivity index (χ3v) is 5.72. The molecule has 1 fully saturated rings. The monoisotopic (exact) mass is 330 g/mol. The minimum absolute atomic E-state index is 0.0923. The molecule has 3 aromatic rings. The Morgan fingerprint density at radius 1 is 1.23 bits per heavy atom. The van der Waals surface area contributed by atoms with E-state index in [1.165, 1.54) is 11.3 Å². The number of carbonyl (C=O) groups excluding carboxylic acids is 1. The predicted molar refractivity (Wildman–Crippen MR) is 89.7 cm³/mol. The number of ether oxygens (including phenoxy) is 1. The second kappa shape index (κ2) is 5.79. The fourth-order valence-corrected chi connectivity index (χ4v) is 4.64. The van der Waals surface area contributed by atoms with E-state index in [2.05, 4.69) is 11.1 Å². The lowest BCUT2D eigenvalue weighted by Crippen LogP contribution is -2.40. The van der Waals surface area contributed by atoms with Gasteiger partial charge in [-0.25, -0.2) is 4.98 Å². The second-order valence-electron chi connectivity index (χ2n) is 5.04. The van der Waals surface area contributed by atoms with Crippen LogP contribution >= 0.6 is 22.7 Å². The molecule has 0 radical (unpaired) electrons. The van der Waals surface area contributed by atoms with Crippen LogP contribution in [0.3, 0.4) is 0 Å². The number of hydrogen-bond donors (Lipinski definition) is 0. The highest BCUT2D eigenvalue weighted by Gasteiger charge is 2.26. The number of carbonyl (C=O) groups is 1. The highest BCUT2D eigenvalue weighted by molar-refractivity contribution is 7.22. The minimum atomic E-state index is 0.0923. The first kappa shape index (κ1) is 13.9. The number of pyridine rings is 1. The Morgan fingerprint density at radius 3 is 2.86 bits per heavy atom. The number of rotatable bonds is 2. The molecule has 0 bridgehead atoms. The van der Waals surface area contributed by atoms with E-state index in [1.807, 2.05) is 28.5 Å². The Kier molecular flexibility index (Phi) is 3.65. The molecule has 4 nitrogen and oxygen atoms in total. The van der Waals surface area contributed by atoms with Crippen molar-refractivity contribution in [2.24, 2.45) is 0 Å². The highest BCUT2D eigenvalue weighted by atomic mass is 32.1. The number of thiophene rings is 2. The molecule has 4 rings (SSSR count). The first-order chi connectivity index (χ1) is 10.8. The first-order valence-corrected chi connectivity index (χ1v) is 8.82. The molecule has 0 aliphatic carbocycles. The van der Waals surface area contributed by atoms with Crippen molar-refractivity contribution >= 4 is 38.8 Å². The lowest BCUT2D eigenvalue weighted by Gasteiger charge is -2.26. The summed E-state index contributed by atoms with van der Waals surface area (Å²) >= 11 is 3.14. The largest absolute Gasteiger partial charge is 0.378 e. The fourth-order valence-electron chi connectivity index (χ4n) is 2.66. The lowest BCUT2D eigenvalue weighted by atomic mass is 10.1. The molecule has 0 atom stereocenters. The topological polar surface area (TPSA) is 42.4 Å². The van der Waals surface area contributed by atoms with Crippen molar-refractivity contribution in [3.05, 3.63) is 40.7 Å². The van der Waals surface area contributed by atoms with Crippen molar-refractivity contribution in [2.75, 3.05) is 26.3 Å². The van der Waals surface area contributed by atoms with Gasteiger partial charge in [-0.1, -0.05) is 6.07 Å². The molecule has 0 unspecified atom stereocenters. The zero-order valence-corrected chi connectivity index (χ0v) is 13.5. The van der Waals surface area contributed by atoms with E-state index in [1.54, 1.807) is 17.5 Å². The van der Waals surface area contributed by atoms with E-state index >= 15 is 0 Å². The van der Waals surface area contributed by atoms with Crippen LogP contribution in [0.5, 0.6) is 0 Å². The second-order valence-corrected chi connectivity index (χ2v) is 6.99.